The summed E-state index contributed by atoms with van der Waals surface area (Å²) in [7, 11) is 3.52. The molecule has 0 spiro atoms. The summed E-state index contributed by atoms with van der Waals surface area (Å²) in [4.78, 5) is 2.46. The van der Waals surface area contributed by atoms with Crippen LogP contribution >= 0.6 is 0 Å². The van der Waals surface area contributed by atoms with Crippen molar-refractivity contribution >= 4 is 0 Å². The van der Waals surface area contributed by atoms with Crippen LogP contribution in [-0.2, 0) is 9.47 Å². The third-order valence-electron chi connectivity index (χ3n) is 3.74. The van der Waals surface area contributed by atoms with E-state index in [-0.39, 0.29) is 0 Å². The van der Waals surface area contributed by atoms with Gasteiger partial charge in [0.2, 0.25) is 0 Å². The van der Waals surface area contributed by atoms with Crippen LogP contribution in [0.15, 0.2) is 0 Å². The Kier molecular flexibility index (Phi) is 7.04. The van der Waals surface area contributed by atoms with Gasteiger partial charge in [-0.3, -0.25) is 4.90 Å². The normalized spacial score (nSPS) is 26.6. The van der Waals surface area contributed by atoms with E-state index < -0.39 is 0 Å². The molecule has 1 saturated heterocycles. The van der Waals surface area contributed by atoms with Crippen molar-refractivity contribution in [1.82, 2.24) is 10.2 Å². The second kappa shape index (κ2) is 8.03. The molecule has 4 nitrogen and oxygen atoms in total. The molecular weight excluding hydrogens is 216 g/mol. The second-order valence-electron chi connectivity index (χ2n) is 5.12. The number of rotatable bonds is 8. The highest BCUT2D eigenvalue weighted by Gasteiger charge is 2.26. The number of nitrogens with one attached hydrogen (secondary N) is 1. The zero-order chi connectivity index (χ0) is 12.7. The summed E-state index contributed by atoms with van der Waals surface area (Å²) < 4.78 is 10.4. The molecule has 1 aliphatic rings. The monoisotopic (exact) mass is 244 g/mol. The largest absolute Gasteiger partial charge is 0.383 e. The van der Waals surface area contributed by atoms with E-state index in [2.05, 4.69) is 24.1 Å². The third kappa shape index (κ3) is 4.92. The molecule has 1 aliphatic heterocycles. The molecule has 0 saturated carbocycles. The lowest BCUT2D eigenvalue weighted by Gasteiger charge is -2.32. The molecule has 0 amide bonds. The quantitative estimate of drug-likeness (QED) is 0.690. The van der Waals surface area contributed by atoms with Gasteiger partial charge in [0.1, 0.15) is 0 Å². The van der Waals surface area contributed by atoms with Crippen molar-refractivity contribution < 1.29 is 9.47 Å². The average Bonchev–Trinajstić information content (AvgIpc) is 2.70. The maximum absolute atomic E-state index is 5.25. The van der Waals surface area contributed by atoms with Crippen molar-refractivity contribution in [2.75, 3.05) is 47.1 Å². The van der Waals surface area contributed by atoms with Gasteiger partial charge in [-0.1, -0.05) is 6.92 Å². The fourth-order valence-corrected chi connectivity index (χ4v) is 2.44. The number of nitrogens with zero attached hydrogens (tertiary/aromatic N) is 1. The Morgan fingerprint density at radius 1 is 1.35 bits per heavy atom. The SMILES string of the molecule is COCCN(CC1NCCC1C)C(C)COC. The van der Waals surface area contributed by atoms with Gasteiger partial charge in [-0.15, -0.1) is 0 Å². The molecule has 3 atom stereocenters. The van der Waals surface area contributed by atoms with Crippen molar-refractivity contribution in [2.45, 2.75) is 32.4 Å². The van der Waals surface area contributed by atoms with Gasteiger partial charge in [-0.25, -0.2) is 0 Å². The van der Waals surface area contributed by atoms with Crippen LogP contribution in [0.25, 0.3) is 0 Å². The molecule has 1 rings (SSSR count). The fourth-order valence-electron chi connectivity index (χ4n) is 2.44. The van der Waals surface area contributed by atoms with E-state index in [1.54, 1.807) is 14.2 Å². The molecule has 0 bridgehead atoms. The Bertz CT molecular complexity index is 202. The number of hydrogen-bond donors (Lipinski definition) is 1. The average molecular weight is 244 g/mol. The summed E-state index contributed by atoms with van der Waals surface area (Å²) in [6.07, 6.45) is 1.29. The second-order valence-corrected chi connectivity index (χ2v) is 5.12. The summed E-state index contributed by atoms with van der Waals surface area (Å²) in [6.45, 7) is 9.35. The lowest BCUT2D eigenvalue weighted by atomic mass is 10.0. The van der Waals surface area contributed by atoms with Gasteiger partial charge in [0.05, 0.1) is 13.2 Å². The van der Waals surface area contributed by atoms with Crippen molar-refractivity contribution in [1.29, 1.82) is 0 Å². The summed E-state index contributed by atoms with van der Waals surface area (Å²) in [5.41, 5.74) is 0. The molecular formula is C13H28N2O2. The predicted octanol–water partition coefficient (Wildman–Crippen LogP) is 0.968. The molecule has 0 aromatic carbocycles. The topological polar surface area (TPSA) is 33.7 Å². The first-order valence-electron chi connectivity index (χ1n) is 6.64. The van der Waals surface area contributed by atoms with Crippen LogP contribution < -0.4 is 5.32 Å². The minimum Gasteiger partial charge on any atom is -0.383 e. The number of ether oxygens (including phenoxy) is 2. The molecule has 1 fully saturated rings. The van der Waals surface area contributed by atoms with Crippen molar-refractivity contribution in [2.24, 2.45) is 5.92 Å². The first-order valence-corrected chi connectivity index (χ1v) is 6.64. The Morgan fingerprint density at radius 3 is 2.65 bits per heavy atom. The van der Waals surface area contributed by atoms with Crippen molar-refractivity contribution in [3.05, 3.63) is 0 Å². The zero-order valence-corrected chi connectivity index (χ0v) is 11.7. The van der Waals surface area contributed by atoms with E-state index in [4.69, 9.17) is 9.47 Å². The Balaban J connectivity index is 2.43. The predicted molar refractivity (Wildman–Crippen MR) is 70.4 cm³/mol. The van der Waals surface area contributed by atoms with E-state index in [0.717, 1.165) is 38.8 Å². The Morgan fingerprint density at radius 2 is 2.12 bits per heavy atom. The molecule has 0 aliphatic carbocycles. The van der Waals surface area contributed by atoms with Crippen LogP contribution in [0.2, 0.25) is 0 Å². The molecule has 3 unspecified atom stereocenters. The first kappa shape index (κ1) is 14.9. The van der Waals surface area contributed by atoms with E-state index in [1.807, 2.05) is 0 Å². The van der Waals surface area contributed by atoms with Gasteiger partial charge in [0, 0.05) is 39.4 Å². The zero-order valence-electron chi connectivity index (χ0n) is 11.7. The molecule has 102 valence electrons. The highest BCUT2D eigenvalue weighted by molar-refractivity contribution is 4.85. The molecule has 0 aromatic heterocycles. The van der Waals surface area contributed by atoms with Gasteiger partial charge in [-0.05, 0) is 25.8 Å². The first-order chi connectivity index (χ1) is 8.19. The Hall–Kier alpha value is -0.160. The summed E-state index contributed by atoms with van der Waals surface area (Å²) in [5, 5.41) is 3.59. The van der Waals surface area contributed by atoms with E-state index in [0.29, 0.717) is 12.1 Å². The summed E-state index contributed by atoms with van der Waals surface area (Å²) in [5.74, 6) is 0.773. The van der Waals surface area contributed by atoms with Crippen molar-refractivity contribution in [3.8, 4) is 0 Å². The van der Waals surface area contributed by atoms with Crippen LogP contribution in [0.3, 0.4) is 0 Å². The third-order valence-corrected chi connectivity index (χ3v) is 3.74. The van der Waals surface area contributed by atoms with Gasteiger partial charge in [0.15, 0.2) is 0 Å². The smallest absolute Gasteiger partial charge is 0.0615 e. The summed E-state index contributed by atoms with van der Waals surface area (Å²) in [6, 6.07) is 1.07. The van der Waals surface area contributed by atoms with Gasteiger partial charge in [0.25, 0.3) is 0 Å². The van der Waals surface area contributed by atoms with Crippen LogP contribution in [0.1, 0.15) is 20.3 Å². The van der Waals surface area contributed by atoms with Crippen LogP contribution in [0.5, 0.6) is 0 Å². The van der Waals surface area contributed by atoms with Crippen LogP contribution in [0.4, 0.5) is 0 Å². The van der Waals surface area contributed by atoms with Gasteiger partial charge in [-0.2, -0.15) is 0 Å². The van der Waals surface area contributed by atoms with Crippen LogP contribution in [-0.4, -0.2) is 64.1 Å². The molecule has 0 aromatic rings. The maximum atomic E-state index is 5.25. The lowest BCUT2D eigenvalue weighted by Crippen LogP contribution is -2.46. The Labute approximate surface area is 106 Å². The molecule has 1 N–H and O–H groups in total. The molecule has 0 radical (unpaired) electrons. The van der Waals surface area contributed by atoms with Crippen molar-refractivity contribution in [3.63, 3.8) is 0 Å². The minimum absolute atomic E-state index is 0.449. The molecule has 4 heteroatoms. The van der Waals surface area contributed by atoms with Gasteiger partial charge < -0.3 is 14.8 Å². The fraction of sp³-hybridized carbons (Fsp3) is 1.00. The van der Waals surface area contributed by atoms with E-state index in [1.165, 1.54) is 6.42 Å². The standard InChI is InChI=1S/C13H28N2O2/c1-11-5-6-14-13(11)9-15(7-8-16-3)12(2)10-17-4/h11-14H,5-10H2,1-4H3. The molecule has 17 heavy (non-hydrogen) atoms. The lowest BCUT2D eigenvalue weighted by molar-refractivity contribution is 0.0674. The maximum Gasteiger partial charge on any atom is 0.0615 e. The van der Waals surface area contributed by atoms with E-state index in [9.17, 15) is 0 Å². The molecule has 1 heterocycles. The highest BCUT2D eigenvalue weighted by atomic mass is 16.5. The van der Waals surface area contributed by atoms with Gasteiger partial charge >= 0.3 is 0 Å². The highest BCUT2D eigenvalue weighted by Crippen LogP contribution is 2.16. The minimum atomic E-state index is 0.449. The number of hydrogen-bond acceptors (Lipinski definition) is 4. The number of methoxy groups -OCH3 is 2. The van der Waals surface area contributed by atoms with Crippen LogP contribution in [0, 0.1) is 5.92 Å². The summed E-state index contributed by atoms with van der Waals surface area (Å²) >= 11 is 0. The van der Waals surface area contributed by atoms with E-state index >= 15 is 0 Å².